The lowest BCUT2D eigenvalue weighted by atomic mass is 10.00. The van der Waals surface area contributed by atoms with E-state index in [0.717, 1.165) is 28.9 Å². The summed E-state index contributed by atoms with van der Waals surface area (Å²) in [6, 6.07) is 15.6. The summed E-state index contributed by atoms with van der Waals surface area (Å²) < 4.78 is 5.65. The van der Waals surface area contributed by atoms with Crippen molar-refractivity contribution in [1.29, 1.82) is 0 Å². The molecule has 1 heterocycles. The van der Waals surface area contributed by atoms with Crippen LogP contribution >= 0.6 is 0 Å². The van der Waals surface area contributed by atoms with Crippen LogP contribution in [0.2, 0.25) is 0 Å². The molecule has 0 bridgehead atoms. The molecule has 3 rings (SSSR count). The number of carbonyl (C=O) groups excluding carboxylic acids is 1. The largest absolute Gasteiger partial charge is 0.490 e. The van der Waals surface area contributed by atoms with E-state index >= 15 is 0 Å². The molecule has 1 atom stereocenters. The molecule has 19 heavy (non-hydrogen) atoms. The fourth-order valence-corrected chi connectivity index (χ4v) is 2.48. The molecule has 2 aromatic rings. The Morgan fingerprint density at radius 3 is 2.79 bits per heavy atom. The minimum atomic E-state index is 0.161. The summed E-state index contributed by atoms with van der Waals surface area (Å²) in [5.74, 6) is 1.08. The summed E-state index contributed by atoms with van der Waals surface area (Å²) in [5.41, 5.74) is 2.98. The molecule has 96 valence electrons. The molecule has 0 saturated heterocycles. The van der Waals surface area contributed by atoms with Crippen molar-refractivity contribution in [3.63, 3.8) is 0 Å². The topological polar surface area (TPSA) is 26.3 Å². The second kappa shape index (κ2) is 4.88. The number of hydrogen-bond acceptors (Lipinski definition) is 2. The normalized spacial score (nSPS) is 16.8. The molecular weight excluding hydrogens is 236 g/mol. The van der Waals surface area contributed by atoms with Crippen molar-refractivity contribution in [2.24, 2.45) is 0 Å². The van der Waals surface area contributed by atoms with Crippen molar-refractivity contribution in [2.75, 3.05) is 0 Å². The summed E-state index contributed by atoms with van der Waals surface area (Å²) in [4.78, 5) is 12.3. The van der Waals surface area contributed by atoms with E-state index < -0.39 is 0 Å². The fourth-order valence-electron chi connectivity index (χ4n) is 2.48. The van der Waals surface area contributed by atoms with Crippen LogP contribution in [-0.4, -0.2) is 11.9 Å². The van der Waals surface area contributed by atoms with E-state index in [4.69, 9.17) is 4.74 Å². The molecule has 2 heteroatoms. The zero-order valence-electron chi connectivity index (χ0n) is 10.9. The lowest BCUT2D eigenvalue weighted by molar-refractivity contribution is 0.0993. The van der Waals surface area contributed by atoms with Gasteiger partial charge < -0.3 is 4.74 Å². The third kappa shape index (κ3) is 2.53. The Morgan fingerprint density at radius 1 is 1.21 bits per heavy atom. The summed E-state index contributed by atoms with van der Waals surface area (Å²) >= 11 is 0. The van der Waals surface area contributed by atoms with Gasteiger partial charge in [-0.25, -0.2) is 0 Å². The Kier molecular flexibility index (Phi) is 3.08. The smallest absolute Gasteiger partial charge is 0.167 e. The van der Waals surface area contributed by atoms with Crippen molar-refractivity contribution in [2.45, 2.75) is 25.9 Å². The van der Waals surface area contributed by atoms with Gasteiger partial charge in [-0.05, 0) is 36.2 Å². The molecule has 2 aromatic carbocycles. The maximum atomic E-state index is 12.3. The Bertz CT molecular complexity index is 602. The van der Waals surface area contributed by atoms with Gasteiger partial charge in [0.2, 0.25) is 0 Å². The van der Waals surface area contributed by atoms with Crippen LogP contribution in [-0.2, 0) is 12.8 Å². The monoisotopic (exact) mass is 252 g/mol. The number of ether oxygens (including phenoxy) is 1. The maximum absolute atomic E-state index is 12.3. The van der Waals surface area contributed by atoms with Gasteiger partial charge in [0, 0.05) is 18.4 Å². The molecule has 1 unspecified atom stereocenters. The SMILES string of the molecule is CC1Cc2cc(C(=O)Cc3ccccc3)ccc2O1. The summed E-state index contributed by atoms with van der Waals surface area (Å²) in [5, 5.41) is 0. The van der Waals surface area contributed by atoms with Crippen molar-refractivity contribution >= 4 is 5.78 Å². The Labute approximate surface area is 113 Å². The molecule has 0 radical (unpaired) electrons. The van der Waals surface area contributed by atoms with Crippen LogP contribution in [0.1, 0.15) is 28.4 Å². The van der Waals surface area contributed by atoms with Gasteiger partial charge in [0.05, 0.1) is 0 Å². The first-order valence-corrected chi connectivity index (χ1v) is 6.59. The molecule has 0 fully saturated rings. The Morgan fingerprint density at radius 2 is 2.00 bits per heavy atom. The van der Waals surface area contributed by atoms with E-state index in [-0.39, 0.29) is 11.9 Å². The molecular formula is C17H16O2. The molecule has 0 aromatic heterocycles. The molecule has 0 saturated carbocycles. The second-order valence-electron chi connectivity index (χ2n) is 5.04. The average Bonchev–Trinajstić information content (AvgIpc) is 2.78. The highest BCUT2D eigenvalue weighted by Gasteiger charge is 2.20. The van der Waals surface area contributed by atoms with E-state index in [1.54, 1.807) is 0 Å². The lowest BCUT2D eigenvalue weighted by Crippen LogP contribution is -2.05. The van der Waals surface area contributed by atoms with E-state index in [2.05, 4.69) is 0 Å². The first-order chi connectivity index (χ1) is 9.22. The van der Waals surface area contributed by atoms with Gasteiger partial charge >= 0.3 is 0 Å². The van der Waals surface area contributed by atoms with Gasteiger partial charge in [-0.3, -0.25) is 4.79 Å². The van der Waals surface area contributed by atoms with Gasteiger partial charge in [-0.15, -0.1) is 0 Å². The van der Waals surface area contributed by atoms with Gasteiger partial charge in [0.1, 0.15) is 11.9 Å². The first kappa shape index (κ1) is 12.0. The van der Waals surface area contributed by atoms with Gasteiger partial charge in [-0.2, -0.15) is 0 Å². The average molecular weight is 252 g/mol. The Balaban J connectivity index is 1.80. The number of rotatable bonds is 3. The van der Waals surface area contributed by atoms with Crippen molar-refractivity contribution < 1.29 is 9.53 Å². The van der Waals surface area contributed by atoms with Crippen LogP contribution in [0, 0.1) is 0 Å². The molecule has 1 aliphatic rings. The van der Waals surface area contributed by atoms with Gasteiger partial charge in [0.25, 0.3) is 0 Å². The van der Waals surface area contributed by atoms with Crippen LogP contribution in [0.4, 0.5) is 0 Å². The molecule has 1 aliphatic heterocycles. The van der Waals surface area contributed by atoms with E-state index in [9.17, 15) is 4.79 Å². The van der Waals surface area contributed by atoms with Crippen molar-refractivity contribution in [3.05, 3.63) is 65.2 Å². The van der Waals surface area contributed by atoms with E-state index in [0.29, 0.717) is 6.42 Å². The standard InChI is InChI=1S/C17H16O2/c1-12-9-15-11-14(7-8-17(15)19-12)16(18)10-13-5-3-2-4-6-13/h2-8,11-12H,9-10H2,1H3. The quantitative estimate of drug-likeness (QED) is 0.782. The molecule has 0 N–H and O–H groups in total. The molecule has 0 spiro atoms. The Hall–Kier alpha value is -2.09. The van der Waals surface area contributed by atoms with E-state index in [1.807, 2.05) is 55.5 Å². The highest BCUT2D eigenvalue weighted by atomic mass is 16.5. The van der Waals surface area contributed by atoms with Crippen LogP contribution in [0.5, 0.6) is 5.75 Å². The number of ketones is 1. The van der Waals surface area contributed by atoms with Crippen molar-refractivity contribution in [1.82, 2.24) is 0 Å². The third-order valence-corrected chi connectivity index (χ3v) is 3.43. The highest BCUT2D eigenvalue weighted by Crippen LogP contribution is 2.29. The number of benzene rings is 2. The van der Waals surface area contributed by atoms with E-state index in [1.165, 1.54) is 0 Å². The fraction of sp³-hybridized carbons (Fsp3) is 0.235. The molecule has 0 aliphatic carbocycles. The minimum absolute atomic E-state index is 0.161. The van der Waals surface area contributed by atoms with Crippen LogP contribution < -0.4 is 4.74 Å². The number of carbonyl (C=O) groups is 1. The number of hydrogen-bond donors (Lipinski definition) is 0. The predicted octanol–water partition coefficient (Wildman–Crippen LogP) is 3.44. The number of fused-ring (bicyclic) bond motifs is 1. The van der Waals surface area contributed by atoms with Crippen LogP contribution in [0.3, 0.4) is 0 Å². The summed E-state index contributed by atoms with van der Waals surface area (Å²) in [6.45, 7) is 2.05. The van der Waals surface area contributed by atoms with Crippen molar-refractivity contribution in [3.8, 4) is 5.75 Å². The summed E-state index contributed by atoms with van der Waals surface area (Å²) in [7, 11) is 0. The van der Waals surface area contributed by atoms with Gasteiger partial charge in [-0.1, -0.05) is 30.3 Å². The number of Topliss-reactive ketones (excluding diaryl/α,β-unsaturated/α-hetero) is 1. The predicted molar refractivity (Wildman–Crippen MR) is 74.7 cm³/mol. The zero-order chi connectivity index (χ0) is 13.2. The molecule has 2 nitrogen and oxygen atoms in total. The lowest BCUT2D eigenvalue weighted by Gasteiger charge is -2.04. The van der Waals surface area contributed by atoms with Crippen LogP contribution in [0.15, 0.2) is 48.5 Å². The zero-order valence-corrected chi connectivity index (χ0v) is 10.9. The summed E-state index contributed by atoms with van der Waals surface area (Å²) in [6.07, 6.45) is 1.56. The second-order valence-corrected chi connectivity index (χ2v) is 5.04. The minimum Gasteiger partial charge on any atom is -0.490 e. The molecule has 0 amide bonds. The third-order valence-electron chi connectivity index (χ3n) is 3.43. The van der Waals surface area contributed by atoms with Gasteiger partial charge in [0.15, 0.2) is 5.78 Å². The highest BCUT2D eigenvalue weighted by molar-refractivity contribution is 5.97. The maximum Gasteiger partial charge on any atom is 0.167 e. The van der Waals surface area contributed by atoms with Crippen LogP contribution in [0.25, 0.3) is 0 Å². The first-order valence-electron chi connectivity index (χ1n) is 6.59.